The number of primary sulfonamides is 1. The van der Waals surface area contributed by atoms with Crippen LogP contribution < -0.4 is 9.88 Å². The summed E-state index contributed by atoms with van der Waals surface area (Å²) in [4.78, 5) is -0.0201. The molecule has 0 unspecified atom stereocenters. The van der Waals surface area contributed by atoms with E-state index in [0.717, 1.165) is 5.56 Å². The summed E-state index contributed by atoms with van der Waals surface area (Å²) in [5.41, 5.74) is 0.918. The fourth-order valence-corrected chi connectivity index (χ4v) is 2.22. The first-order valence-corrected chi connectivity index (χ1v) is 6.88. The van der Waals surface area contributed by atoms with Gasteiger partial charge in [-0.25, -0.2) is 13.6 Å². The first-order valence-electron chi connectivity index (χ1n) is 5.34. The van der Waals surface area contributed by atoms with Crippen molar-refractivity contribution in [3.05, 3.63) is 54.1 Å². The lowest BCUT2D eigenvalue weighted by Crippen LogP contribution is -2.13. The highest BCUT2D eigenvalue weighted by molar-refractivity contribution is 7.89. The van der Waals surface area contributed by atoms with Gasteiger partial charge in [0.2, 0.25) is 10.0 Å². The molecule has 0 aliphatic carbocycles. The predicted molar refractivity (Wildman–Crippen MR) is 69.1 cm³/mol. The summed E-state index contributed by atoms with van der Waals surface area (Å²) in [6.45, 7) is 1.88. The fraction of sp³-hybridized carbons (Fsp3) is 0.0769. The Balaban J connectivity index is 2.45. The molecule has 0 saturated heterocycles. The molecule has 0 radical (unpaired) electrons. The molecule has 18 heavy (non-hydrogen) atoms. The highest BCUT2D eigenvalue weighted by Crippen LogP contribution is 2.29. The van der Waals surface area contributed by atoms with Gasteiger partial charge in [0.25, 0.3) is 0 Å². The first-order chi connectivity index (χ1) is 8.48. The van der Waals surface area contributed by atoms with E-state index in [4.69, 9.17) is 9.88 Å². The molecular formula is C13H13NO3S. The number of para-hydroxylation sites is 2. The van der Waals surface area contributed by atoms with Crippen molar-refractivity contribution in [1.82, 2.24) is 0 Å². The van der Waals surface area contributed by atoms with E-state index in [0.29, 0.717) is 5.75 Å². The van der Waals surface area contributed by atoms with Crippen LogP contribution in [0, 0.1) is 6.92 Å². The molecule has 4 nitrogen and oxygen atoms in total. The maximum Gasteiger partial charge on any atom is 0.241 e. The van der Waals surface area contributed by atoms with Crippen LogP contribution in [0.2, 0.25) is 0 Å². The van der Waals surface area contributed by atoms with Crippen LogP contribution >= 0.6 is 0 Å². The highest BCUT2D eigenvalue weighted by atomic mass is 32.2. The van der Waals surface area contributed by atoms with E-state index in [1.807, 2.05) is 25.1 Å². The van der Waals surface area contributed by atoms with E-state index in [1.165, 1.54) is 6.07 Å². The van der Waals surface area contributed by atoms with E-state index in [-0.39, 0.29) is 10.6 Å². The Bertz CT molecular complexity index is 665. The number of aryl methyl sites for hydroxylation is 1. The summed E-state index contributed by atoms with van der Waals surface area (Å²) < 4.78 is 28.5. The SMILES string of the molecule is Cc1ccccc1Oc1ccccc1S(N)(=O)=O. The number of rotatable bonds is 3. The molecular weight excluding hydrogens is 250 g/mol. The molecule has 0 aliphatic rings. The predicted octanol–water partition coefficient (Wildman–Crippen LogP) is 2.43. The topological polar surface area (TPSA) is 69.4 Å². The molecule has 0 aliphatic heterocycles. The summed E-state index contributed by atoms with van der Waals surface area (Å²) in [5, 5.41) is 5.14. The Hall–Kier alpha value is -1.85. The fourth-order valence-electron chi connectivity index (χ4n) is 1.56. The van der Waals surface area contributed by atoms with Crippen molar-refractivity contribution in [2.24, 2.45) is 5.14 Å². The van der Waals surface area contributed by atoms with Gasteiger partial charge >= 0.3 is 0 Å². The maximum atomic E-state index is 11.4. The Morgan fingerprint density at radius 1 is 0.944 bits per heavy atom. The third kappa shape index (κ3) is 2.69. The smallest absolute Gasteiger partial charge is 0.241 e. The van der Waals surface area contributed by atoms with E-state index in [9.17, 15) is 8.42 Å². The van der Waals surface area contributed by atoms with Crippen LogP contribution in [0.3, 0.4) is 0 Å². The van der Waals surface area contributed by atoms with Gasteiger partial charge in [-0.05, 0) is 30.7 Å². The van der Waals surface area contributed by atoms with Gasteiger partial charge in [0.15, 0.2) is 0 Å². The second kappa shape index (κ2) is 4.80. The van der Waals surface area contributed by atoms with Crippen LogP contribution in [0.5, 0.6) is 11.5 Å². The van der Waals surface area contributed by atoms with Crippen molar-refractivity contribution >= 4 is 10.0 Å². The van der Waals surface area contributed by atoms with Crippen LogP contribution in [0.1, 0.15) is 5.56 Å². The minimum atomic E-state index is -3.79. The van der Waals surface area contributed by atoms with Crippen LogP contribution in [0.25, 0.3) is 0 Å². The number of sulfonamides is 1. The normalized spacial score (nSPS) is 11.2. The molecule has 0 fully saturated rings. The van der Waals surface area contributed by atoms with Crippen molar-refractivity contribution in [1.29, 1.82) is 0 Å². The average molecular weight is 263 g/mol. The third-order valence-electron chi connectivity index (χ3n) is 2.47. The lowest BCUT2D eigenvalue weighted by atomic mass is 10.2. The zero-order valence-corrected chi connectivity index (χ0v) is 10.6. The zero-order valence-electron chi connectivity index (χ0n) is 9.83. The molecule has 2 N–H and O–H groups in total. The van der Waals surface area contributed by atoms with Crippen molar-refractivity contribution in [3.8, 4) is 11.5 Å². The number of ether oxygens (including phenoxy) is 1. The molecule has 0 bridgehead atoms. The van der Waals surface area contributed by atoms with Crippen molar-refractivity contribution in [2.45, 2.75) is 11.8 Å². The summed E-state index contributed by atoms with van der Waals surface area (Å²) >= 11 is 0. The van der Waals surface area contributed by atoms with Gasteiger partial charge in [0.05, 0.1) is 0 Å². The van der Waals surface area contributed by atoms with E-state index >= 15 is 0 Å². The van der Waals surface area contributed by atoms with Crippen LogP contribution in [0.4, 0.5) is 0 Å². The van der Waals surface area contributed by atoms with E-state index in [1.54, 1.807) is 24.3 Å². The molecule has 0 spiro atoms. The number of benzene rings is 2. The summed E-state index contributed by atoms with van der Waals surface area (Å²) in [5.74, 6) is 0.836. The van der Waals surface area contributed by atoms with Gasteiger partial charge < -0.3 is 4.74 Å². The molecule has 0 heterocycles. The molecule has 2 rings (SSSR count). The monoisotopic (exact) mass is 263 g/mol. The lowest BCUT2D eigenvalue weighted by molar-refractivity contribution is 0.464. The standard InChI is InChI=1S/C13H13NO3S/c1-10-6-2-3-7-11(10)17-12-8-4-5-9-13(12)18(14,15)16/h2-9H,1H3,(H2,14,15,16). The van der Waals surface area contributed by atoms with Gasteiger partial charge in [-0.2, -0.15) is 0 Å². The highest BCUT2D eigenvalue weighted by Gasteiger charge is 2.15. The number of nitrogens with two attached hydrogens (primary N) is 1. The molecule has 0 saturated carbocycles. The summed E-state index contributed by atoms with van der Waals surface area (Å²) in [7, 11) is -3.79. The molecule has 2 aromatic carbocycles. The average Bonchev–Trinajstić information content (AvgIpc) is 2.31. The van der Waals surface area contributed by atoms with E-state index < -0.39 is 10.0 Å². The maximum absolute atomic E-state index is 11.4. The Morgan fingerprint density at radius 2 is 1.50 bits per heavy atom. The van der Waals surface area contributed by atoms with Gasteiger partial charge in [-0.15, -0.1) is 0 Å². The quantitative estimate of drug-likeness (QED) is 0.924. The second-order valence-electron chi connectivity index (χ2n) is 3.86. The van der Waals surface area contributed by atoms with Gasteiger partial charge in [0.1, 0.15) is 16.4 Å². The first kappa shape index (κ1) is 12.6. The van der Waals surface area contributed by atoms with E-state index in [2.05, 4.69) is 0 Å². The third-order valence-corrected chi connectivity index (χ3v) is 3.42. The molecule has 0 amide bonds. The largest absolute Gasteiger partial charge is 0.456 e. The Kier molecular flexibility index (Phi) is 3.36. The summed E-state index contributed by atoms with van der Waals surface area (Å²) in [6.07, 6.45) is 0. The van der Waals surface area contributed by atoms with Crippen molar-refractivity contribution in [3.63, 3.8) is 0 Å². The van der Waals surface area contributed by atoms with Crippen LogP contribution in [-0.4, -0.2) is 8.42 Å². The minimum Gasteiger partial charge on any atom is -0.456 e. The molecule has 5 heteroatoms. The van der Waals surface area contributed by atoms with Crippen molar-refractivity contribution in [2.75, 3.05) is 0 Å². The molecule has 94 valence electrons. The number of hydrogen-bond donors (Lipinski definition) is 1. The number of hydrogen-bond acceptors (Lipinski definition) is 3. The minimum absolute atomic E-state index is 0.0201. The van der Waals surface area contributed by atoms with Crippen LogP contribution in [0.15, 0.2) is 53.4 Å². The Morgan fingerprint density at radius 3 is 2.11 bits per heavy atom. The van der Waals surface area contributed by atoms with Crippen LogP contribution in [-0.2, 0) is 10.0 Å². The molecule has 2 aromatic rings. The second-order valence-corrected chi connectivity index (χ2v) is 5.39. The van der Waals surface area contributed by atoms with Gasteiger partial charge in [-0.3, -0.25) is 0 Å². The van der Waals surface area contributed by atoms with Crippen molar-refractivity contribution < 1.29 is 13.2 Å². The lowest BCUT2D eigenvalue weighted by Gasteiger charge is -2.11. The Labute approximate surface area is 106 Å². The van der Waals surface area contributed by atoms with Gasteiger partial charge in [-0.1, -0.05) is 30.3 Å². The zero-order chi connectivity index (χ0) is 13.2. The molecule has 0 aromatic heterocycles. The summed E-state index contributed by atoms with van der Waals surface area (Å²) in [6, 6.07) is 13.7. The van der Waals surface area contributed by atoms with Gasteiger partial charge in [0, 0.05) is 0 Å². The molecule has 0 atom stereocenters.